The summed E-state index contributed by atoms with van der Waals surface area (Å²) in [5.74, 6) is 0.360. The lowest BCUT2D eigenvalue weighted by molar-refractivity contribution is -0.129. The molecule has 0 N–H and O–H groups in total. The Hall–Kier alpha value is -0.790. The van der Waals surface area contributed by atoms with E-state index in [2.05, 4.69) is 18.7 Å². The van der Waals surface area contributed by atoms with Gasteiger partial charge < -0.3 is 4.90 Å². The molecule has 0 aromatic heterocycles. The summed E-state index contributed by atoms with van der Waals surface area (Å²) in [5.41, 5.74) is 2.63. The highest BCUT2D eigenvalue weighted by molar-refractivity contribution is 5.95. The molecule has 1 saturated heterocycles. The predicted octanol–water partition coefficient (Wildman–Crippen LogP) is 3.28. The third-order valence-corrected chi connectivity index (χ3v) is 3.86. The molecule has 90 valence electrons. The van der Waals surface area contributed by atoms with Gasteiger partial charge in [-0.25, -0.2) is 0 Å². The van der Waals surface area contributed by atoms with Crippen LogP contribution >= 0.6 is 0 Å². The second-order valence-corrected chi connectivity index (χ2v) is 5.08. The molecule has 0 saturated carbocycles. The van der Waals surface area contributed by atoms with E-state index in [1.54, 1.807) is 0 Å². The van der Waals surface area contributed by atoms with E-state index in [0.29, 0.717) is 11.9 Å². The number of carbonyl (C=O) groups excluding carboxylic acids is 1. The van der Waals surface area contributed by atoms with Crippen LogP contribution in [0, 0.1) is 0 Å². The van der Waals surface area contributed by atoms with Crippen molar-refractivity contribution in [2.75, 3.05) is 6.54 Å². The summed E-state index contributed by atoms with van der Waals surface area (Å²) < 4.78 is 0. The molecule has 1 fully saturated rings. The van der Waals surface area contributed by atoms with Gasteiger partial charge in [0.15, 0.2) is 0 Å². The molecule has 16 heavy (non-hydrogen) atoms. The van der Waals surface area contributed by atoms with Gasteiger partial charge in [0.25, 0.3) is 0 Å². The van der Waals surface area contributed by atoms with Gasteiger partial charge in [-0.1, -0.05) is 32.3 Å². The van der Waals surface area contributed by atoms with Crippen LogP contribution < -0.4 is 0 Å². The van der Waals surface area contributed by atoms with Crippen LogP contribution in [-0.2, 0) is 4.79 Å². The first-order valence-corrected chi connectivity index (χ1v) is 6.79. The van der Waals surface area contributed by atoms with E-state index in [0.717, 1.165) is 37.8 Å². The third-order valence-electron chi connectivity index (χ3n) is 3.86. The van der Waals surface area contributed by atoms with Crippen LogP contribution in [0.5, 0.6) is 0 Å². The van der Waals surface area contributed by atoms with Gasteiger partial charge in [0.2, 0.25) is 5.91 Å². The topological polar surface area (TPSA) is 20.3 Å². The highest BCUT2D eigenvalue weighted by Crippen LogP contribution is 2.34. The van der Waals surface area contributed by atoms with E-state index < -0.39 is 0 Å². The van der Waals surface area contributed by atoms with Crippen molar-refractivity contribution >= 4 is 5.91 Å². The molecular weight excluding hydrogens is 198 g/mol. The first-order valence-electron chi connectivity index (χ1n) is 6.79. The normalized spacial score (nSPS) is 25.2. The Morgan fingerprint density at radius 2 is 2.00 bits per heavy atom. The molecule has 2 heteroatoms. The van der Waals surface area contributed by atoms with Crippen LogP contribution in [0.25, 0.3) is 0 Å². The van der Waals surface area contributed by atoms with Crippen molar-refractivity contribution in [2.45, 2.75) is 64.8 Å². The number of amides is 1. The summed E-state index contributed by atoms with van der Waals surface area (Å²) in [6, 6.07) is 0.537. The first kappa shape index (κ1) is 11.7. The van der Waals surface area contributed by atoms with Crippen LogP contribution in [0.15, 0.2) is 11.1 Å². The van der Waals surface area contributed by atoms with E-state index in [9.17, 15) is 4.79 Å². The van der Waals surface area contributed by atoms with Crippen molar-refractivity contribution < 1.29 is 4.79 Å². The maximum Gasteiger partial charge on any atom is 0.249 e. The standard InChI is InChI=1S/C14H23NO/c1-3-6-11-10-12-8-5-9-15(12)14(16)13(11)7-4-2/h12H,3-10H2,1-2H3. The van der Waals surface area contributed by atoms with E-state index >= 15 is 0 Å². The molecule has 2 aliphatic rings. The van der Waals surface area contributed by atoms with Crippen LogP contribution in [-0.4, -0.2) is 23.4 Å². The summed E-state index contributed by atoms with van der Waals surface area (Å²) in [6.45, 7) is 5.37. The number of carbonyl (C=O) groups is 1. The molecule has 2 aliphatic heterocycles. The molecule has 0 aromatic rings. The van der Waals surface area contributed by atoms with Crippen molar-refractivity contribution in [1.29, 1.82) is 0 Å². The highest BCUT2D eigenvalue weighted by Gasteiger charge is 2.35. The zero-order chi connectivity index (χ0) is 11.5. The minimum absolute atomic E-state index is 0.360. The second kappa shape index (κ2) is 5.03. The van der Waals surface area contributed by atoms with E-state index in [4.69, 9.17) is 0 Å². The zero-order valence-corrected chi connectivity index (χ0v) is 10.6. The minimum Gasteiger partial charge on any atom is -0.336 e. The van der Waals surface area contributed by atoms with Gasteiger partial charge >= 0.3 is 0 Å². The number of hydrogen-bond acceptors (Lipinski definition) is 1. The number of rotatable bonds is 4. The minimum atomic E-state index is 0.360. The first-order chi connectivity index (χ1) is 7.77. The van der Waals surface area contributed by atoms with E-state index in [1.165, 1.54) is 24.8 Å². The third kappa shape index (κ3) is 2.02. The van der Waals surface area contributed by atoms with Crippen molar-refractivity contribution in [1.82, 2.24) is 4.90 Å². The Morgan fingerprint density at radius 3 is 2.69 bits per heavy atom. The van der Waals surface area contributed by atoms with Crippen LogP contribution in [0.3, 0.4) is 0 Å². The summed E-state index contributed by atoms with van der Waals surface area (Å²) in [7, 11) is 0. The Bertz CT molecular complexity index is 306. The molecule has 1 atom stereocenters. The summed E-state index contributed by atoms with van der Waals surface area (Å²) in [4.78, 5) is 14.5. The Morgan fingerprint density at radius 1 is 1.25 bits per heavy atom. The molecule has 2 heterocycles. The number of nitrogens with zero attached hydrogens (tertiary/aromatic N) is 1. The zero-order valence-electron chi connectivity index (χ0n) is 10.6. The lowest BCUT2D eigenvalue weighted by Crippen LogP contribution is -2.40. The molecule has 1 unspecified atom stereocenters. The Labute approximate surface area is 98.7 Å². The smallest absolute Gasteiger partial charge is 0.249 e. The van der Waals surface area contributed by atoms with E-state index in [1.807, 2.05) is 0 Å². The van der Waals surface area contributed by atoms with Crippen molar-refractivity contribution in [3.05, 3.63) is 11.1 Å². The van der Waals surface area contributed by atoms with Gasteiger partial charge in [0.1, 0.15) is 0 Å². The second-order valence-electron chi connectivity index (χ2n) is 5.08. The Kier molecular flexibility index (Phi) is 3.67. The van der Waals surface area contributed by atoms with E-state index in [-0.39, 0.29) is 0 Å². The molecule has 0 aromatic carbocycles. The maximum atomic E-state index is 12.4. The average molecular weight is 221 g/mol. The average Bonchev–Trinajstić information content (AvgIpc) is 2.72. The summed E-state index contributed by atoms with van der Waals surface area (Å²) in [6.07, 6.45) is 7.96. The van der Waals surface area contributed by atoms with Crippen molar-refractivity contribution in [2.24, 2.45) is 0 Å². The SMILES string of the molecule is CCCC1=C(CCC)C(=O)N2CCCC2C1. The van der Waals surface area contributed by atoms with Gasteiger partial charge in [0, 0.05) is 18.2 Å². The molecule has 0 aliphatic carbocycles. The van der Waals surface area contributed by atoms with Gasteiger partial charge in [-0.15, -0.1) is 0 Å². The van der Waals surface area contributed by atoms with Crippen molar-refractivity contribution in [3.8, 4) is 0 Å². The van der Waals surface area contributed by atoms with Gasteiger partial charge in [-0.05, 0) is 32.1 Å². The lowest BCUT2D eigenvalue weighted by Gasteiger charge is -2.33. The van der Waals surface area contributed by atoms with Gasteiger partial charge in [-0.2, -0.15) is 0 Å². The fraction of sp³-hybridized carbons (Fsp3) is 0.786. The largest absolute Gasteiger partial charge is 0.336 e. The molecule has 0 bridgehead atoms. The maximum absolute atomic E-state index is 12.4. The van der Waals surface area contributed by atoms with Gasteiger partial charge in [-0.3, -0.25) is 4.79 Å². The van der Waals surface area contributed by atoms with Crippen molar-refractivity contribution in [3.63, 3.8) is 0 Å². The van der Waals surface area contributed by atoms with Crippen LogP contribution in [0.4, 0.5) is 0 Å². The summed E-state index contributed by atoms with van der Waals surface area (Å²) in [5, 5.41) is 0. The monoisotopic (exact) mass is 221 g/mol. The van der Waals surface area contributed by atoms with Gasteiger partial charge in [0.05, 0.1) is 0 Å². The lowest BCUT2D eigenvalue weighted by atomic mass is 9.89. The molecule has 0 radical (unpaired) electrons. The van der Waals surface area contributed by atoms with Crippen LogP contribution in [0.2, 0.25) is 0 Å². The quantitative estimate of drug-likeness (QED) is 0.713. The fourth-order valence-corrected chi connectivity index (χ4v) is 3.14. The molecule has 0 spiro atoms. The molecule has 2 nitrogen and oxygen atoms in total. The predicted molar refractivity (Wildman–Crippen MR) is 66.2 cm³/mol. The number of hydrogen-bond donors (Lipinski definition) is 0. The molecule has 2 rings (SSSR count). The molecular formula is C14H23NO. The summed E-state index contributed by atoms with van der Waals surface area (Å²) >= 11 is 0. The Balaban J connectivity index is 2.23. The highest BCUT2D eigenvalue weighted by atomic mass is 16.2. The van der Waals surface area contributed by atoms with Crippen LogP contribution in [0.1, 0.15) is 58.8 Å². The fourth-order valence-electron chi connectivity index (χ4n) is 3.14. The molecule has 1 amide bonds. The number of fused-ring (bicyclic) bond motifs is 1.